The lowest BCUT2D eigenvalue weighted by atomic mass is 10.1. The molecule has 13 heteroatoms. The number of nitrogens with one attached hydrogen (secondary N) is 1. The van der Waals surface area contributed by atoms with E-state index in [1.54, 1.807) is 4.57 Å². The van der Waals surface area contributed by atoms with E-state index in [9.17, 15) is 14.6 Å². The zero-order valence-electron chi connectivity index (χ0n) is 16.4. The molecule has 3 aromatic rings. The van der Waals surface area contributed by atoms with Gasteiger partial charge in [0, 0.05) is 6.54 Å². The Morgan fingerprint density at radius 1 is 1.32 bits per heavy atom. The zero-order valence-corrected chi connectivity index (χ0v) is 18.1. The normalized spacial score (nSPS) is 30.4. The van der Waals surface area contributed by atoms with E-state index < -0.39 is 32.4 Å². The van der Waals surface area contributed by atoms with Gasteiger partial charge in [0.15, 0.2) is 28.4 Å². The lowest BCUT2D eigenvalue weighted by Crippen LogP contribution is -2.39. The zero-order chi connectivity index (χ0) is 21.6. The third-order valence-electron chi connectivity index (χ3n) is 5.15. The number of fused-ring (bicyclic) bond motifs is 2. The molecule has 5 atom stereocenters. The molecule has 164 valence electrons. The van der Waals surface area contributed by atoms with E-state index in [4.69, 9.17) is 13.8 Å². The summed E-state index contributed by atoms with van der Waals surface area (Å²) in [5.41, 5.74) is 2.08. The highest BCUT2D eigenvalue weighted by Gasteiger charge is 2.53. The molecule has 11 nitrogen and oxygen atoms in total. The summed E-state index contributed by atoms with van der Waals surface area (Å²) in [6.07, 6.45) is -0.570. The van der Waals surface area contributed by atoms with Crippen LogP contribution in [0, 0.1) is 0 Å². The molecule has 5 unspecified atom stereocenters. The number of phosphoric ester groups is 1. The van der Waals surface area contributed by atoms with Crippen LogP contribution in [-0.4, -0.2) is 60.7 Å². The first kappa shape index (κ1) is 20.8. The van der Waals surface area contributed by atoms with Gasteiger partial charge in [-0.2, -0.15) is 0 Å². The van der Waals surface area contributed by atoms with E-state index in [2.05, 4.69) is 20.3 Å². The van der Waals surface area contributed by atoms with Crippen LogP contribution >= 0.6 is 19.6 Å². The number of ether oxygens (including phenoxy) is 1. The second kappa shape index (κ2) is 8.14. The van der Waals surface area contributed by atoms with Crippen LogP contribution in [0.3, 0.4) is 0 Å². The Bertz CT molecular complexity index is 1150. The Kier molecular flexibility index (Phi) is 5.47. The SMILES string of the molecule is CSc1nc2c(NCc3ccccc3)ncnc2n1C1OC2COP(=O)(O)OC2C1O. The van der Waals surface area contributed by atoms with Gasteiger partial charge in [0.25, 0.3) is 0 Å². The van der Waals surface area contributed by atoms with Crippen molar-refractivity contribution in [3.8, 4) is 0 Å². The maximum atomic E-state index is 11.8. The van der Waals surface area contributed by atoms with E-state index in [0.717, 1.165) is 5.56 Å². The van der Waals surface area contributed by atoms with E-state index in [0.29, 0.717) is 28.7 Å². The topological polar surface area (TPSA) is 141 Å². The Hall–Kier alpha value is -2.05. The van der Waals surface area contributed by atoms with Gasteiger partial charge in [-0.25, -0.2) is 19.5 Å². The summed E-state index contributed by atoms with van der Waals surface area (Å²) in [6, 6.07) is 9.88. The summed E-state index contributed by atoms with van der Waals surface area (Å²) in [6.45, 7) is 0.393. The number of aliphatic hydroxyl groups excluding tert-OH is 1. The monoisotopic (exact) mass is 465 g/mol. The number of benzene rings is 1. The number of imidazole rings is 1. The molecule has 0 amide bonds. The van der Waals surface area contributed by atoms with Gasteiger partial charge in [-0.1, -0.05) is 42.1 Å². The van der Waals surface area contributed by atoms with Crippen LogP contribution in [0.15, 0.2) is 41.8 Å². The highest BCUT2D eigenvalue weighted by Crippen LogP contribution is 2.53. The van der Waals surface area contributed by atoms with Crippen molar-refractivity contribution >= 4 is 36.6 Å². The number of thioether (sulfide) groups is 1. The lowest BCUT2D eigenvalue weighted by Gasteiger charge is -2.27. The third kappa shape index (κ3) is 3.85. The molecule has 0 bridgehead atoms. The minimum atomic E-state index is -4.22. The van der Waals surface area contributed by atoms with Gasteiger partial charge in [0.2, 0.25) is 0 Å². The summed E-state index contributed by atoms with van der Waals surface area (Å²) in [4.78, 5) is 22.9. The molecule has 2 aliphatic heterocycles. The number of aliphatic hydroxyl groups is 1. The first-order chi connectivity index (χ1) is 15.0. The highest BCUT2D eigenvalue weighted by molar-refractivity contribution is 7.98. The lowest BCUT2D eigenvalue weighted by molar-refractivity contribution is -0.0684. The smallest absolute Gasteiger partial charge is 0.386 e. The van der Waals surface area contributed by atoms with Crippen molar-refractivity contribution in [2.75, 3.05) is 18.2 Å². The van der Waals surface area contributed by atoms with Gasteiger partial charge in [-0.3, -0.25) is 13.6 Å². The number of rotatable bonds is 5. The standard InChI is InChI=1S/C18H20N5O6PS/c1-31-18-22-12-15(19-7-10-5-3-2-4-6-10)20-9-21-16(12)23(18)17-13(24)14-11(28-17)8-27-30(25,26)29-14/h2-6,9,11,13-14,17,24H,7-8H2,1H3,(H,25,26)(H,19,20,21). The molecule has 0 saturated carbocycles. The molecule has 4 heterocycles. The average molecular weight is 465 g/mol. The Balaban J connectivity index is 1.49. The molecule has 2 fully saturated rings. The number of aromatic nitrogens is 4. The largest absolute Gasteiger partial charge is 0.472 e. The summed E-state index contributed by atoms with van der Waals surface area (Å²) in [5.74, 6) is 0.548. The predicted molar refractivity (Wildman–Crippen MR) is 111 cm³/mol. The van der Waals surface area contributed by atoms with Crippen molar-refractivity contribution in [1.82, 2.24) is 19.5 Å². The maximum Gasteiger partial charge on any atom is 0.472 e. The van der Waals surface area contributed by atoms with Crippen LogP contribution in [0.1, 0.15) is 11.8 Å². The Morgan fingerprint density at radius 2 is 2.13 bits per heavy atom. The second-order valence-corrected chi connectivity index (χ2v) is 9.27. The molecule has 3 N–H and O–H groups in total. The molecular formula is C18H20N5O6PS. The third-order valence-corrected chi connectivity index (χ3v) is 6.79. The van der Waals surface area contributed by atoms with Crippen molar-refractivity contribution in [1.29, 1.82) is 0 Å². The minimum Gasteiger partial charge on any atom is -0.386 e. The number of anilines is 1. The molecule has 0 aliphatic carbocycles. The van der Waals surface area contributed by atoms with E-state index in [-0.39, 0.29) is 6.61 Å². The maximum absolute atomic E-state index is 11.8. The summed E-state index contributed by atoms with van der Waals surface area (Å²) in [5, 5.41) is 14.7. The van der Waals surface area contributed by atoms with Crippen molar-refractivity contribution in [3.05, 3.63) is 42.2 Å². The highest BCUT2D eigenvalue weighted by atomic mass is 32.2. The van der Waals surface area contributed by atoms with E-state index in [1.165, 1.54) is 18.1 Å². The van der Waals surface area contributed by atoms with Crippen LogP contribution in [0.2, 0.25) is 0 Å². The fourth-order valence-corrected chi connectivity index (χ4v) is 5.26. The Labute approximate surface area is 181 Å². The second-order valence-electron chi connectivity index (χ2n) is 7.09. The molecule has 2 saturated heterocycles. The first-order valence-electron chi connectivity index (χ1n) is 9.51. The predicted octanol–water partition coefficient (Wildman–Crippen LogP) is 1.93. The number of nitrogens with zero attached hydrogens (tertiary/aromatic N) is 4. The van der Waals surface area contributed by atoms with E-state index in [1.807, 2.05) is 36.6 Å². The fourth-order valence-electron chi connectivity index (χ4n) is 3.72. The van der Waals surface area contributed by atoms with Crippen molar-refractivity contribution in [3.63, 3.8) is 0 Å². The van der Waals surface area contributed by atoms with Gasteiger partial charge >= 0.3 is 7.82 Å². The molecule has 2 aromatic heterocycles. The van der Waals surface area contributed by atoms with Crippen molar-refractivity contribution < 1.29 is 28.3 Å². The van der Waals surface area contributed by atoms with Crippen LogP contribution in [0.4, 0.5) is 5.82 Å². The molecule has 2 aliphatic rings. The van der Waals surface area contributed by atoms with E-state index >= 15 is 0 Å². The van der Waals surface area contributed by atoms with Crippen molar-refractivity contribution in [2.45, 2.75) is 36.2 Å². The average Bonchev–Trinajstić information content (AvgIpc) is 3.30. The summed E-state index contributed by atoms with van der Waals surface area (Å²) >= 11 is 1.36. The minimum absolute atomic E-state index is 0.161. The van der Waals surface area contributed by atoms with Crippen LogP contribution < -0.4 is 5.32 Å². The summed E-state index contributed by atoms with van der Waals surface area (Å²) < 4.78 is 29.2. The Morgan fingerprint density at radius 3 is 2.90 bits per heavy atom. The number of hydrogen-bond donors (Lipinski definition) is 3. The van der Waals surface area contributed by atoms with Gasteiger partial charge in [0.1, 0.15) is 24.6 Å². The van der Waals surface area contributed by atoms with Gasteiger partial charge in [-0.15, -0.1) is 0 Å². The molecule has 31 heavy (non-hydrogen) atoms. The summed E-state index contributed by atoms with van der Waals surface area (Å²) in [7, 11) is -4.22. The molecular weight excluding hydrogens is 445 g/mol. The van der Waals surface area contributed by atoms with Crippen LogP contribution in [0.25, 0.3) is 11.2 Å². The van der Waals surface area contributed by atoms with Crippen LogP contribution in [-0.2, 0) is 24.9 Å². The van der Waals surface area contributed by atoms with Gasteiger partial charge in [-0.05, 0) is 11.8 Å². The molecule has 0 radical (unpaired) electrons. The fraction of sp³-hybridized carbons (Fsp3) is 0.389. The number of phosphoric acid groups is 1. The molecule has 0 spiro atoms. The van der Waals surface area contributed by atoms with Gasteiger partial charge < -0.3 is 20.1 Å². The molecule has 1 aromatic carbocycles. The first-order valence-corrected chi connectivity index (χ1v) is 12.2. The quantitative estimate of drug-likeness (QED) is 0.376. The van der Waals surface area contributed by atoms with Crippen molar-refractivity contribution in [2.24, 2.45) is 0 Å². The molecule has 5 rings (SSSR count). The van der Waals surface area contributed by atoms with Crippen LogP contribution in [0.5, 0.6) is 0 Å². The number of hydrogen-bond acceptors (Lipinski definition) is 10. The van der Waals surface area contributed by atoms with Gasteiger partial charge in [0.05, 0.1) is 6.61 Å².